The first-order chi connectivity index (χ1) is 17.2. The van der Waals surface area contributed by atoms with Crippen molar-refractivity contribution in [3.05, 3.63) is 59.5 Å². The van der Waals surface area contributed by atoms with Gasteiger partial charge in [0.2, 0.25) is 11.7 Å². The monoisotopic (exact) mass is 498 g/mol. The van der Waals surface area contributed by atoms with E-state index in [2.05, 4.69) is 20.4 Å². The van der Waals surface area contributed by atoms with Crippen LogP contribution in [0.25, 0.3) is 11.4 Å². The predicted molar refractivity (Wildman–Crippen MR) is 126 cm³/mol. The minimum atomic E-state index is -1.82. The van der Waals surface area contributed by atoms with Crippen molar-refractivity contribution in [3.63, 3.8) is 0 Å². The fourth-order valence-electron chi connectivity index (χ4n) is 3.53. The van der Waals surface area contributed by atoms with Crippen LogP contribution in [0.4, 0.5) is 0 Å². The van der Waals surface area contributed by atoms with Crippen molar-refractivity contribution in [1.29, 1.82) is 0 Å². The number of carboxylic acid groups (broad SMARTS) is 2. The summed E-state index contributed by atoms with van der Waals surface area (Å²) in [7, 11) is 4.90. The Hall–Kier alpha value is -4.45. The van der Waals surface area contributed by atoms with E-state index in [0.29, 0.717) is 17.3 Å². The molecular weight excluding hydrogens is 472 g/mol. The van der Waals surface area contributed by atoms with E-state index in [9.17, 15) is 4.79 Å². The highest BCUT2D eigenvalue weighted by Crippen LogP contribution is 2.30. The molecule has 0 spiro atoms. The highest BCUT2D eigenvalue weighted by atomic mass is 16.5. The fourth-order valence-corrected chi connectivity index (χ4v) is 3.53. The number of carboxylic acids is 2. The molecule has 1 fully saturated rings. The lowest BCUT2D eigenvalue weighted by atomic mass is 9.99. The Balaban J connectivity index is 0.000000538. The van der Waals surface area contributed by atoms with Crippen LogP contribution in [-0.4, -0.2) is 77.5 Å². The minimum absolute atomic E-state index is 0.149. The van der Waals surface area contributed by atoms with E-state index in [4.69, 9.17) is 33.8 Å². The van der Waals surface area contributed by atoms with Crippen molar-refractivity contribution < 1.29 is 38.6 Å². The van der Waals surface area contributed by atoms with Gasteiger partial charge in [0.15, 0.2) is 0 Å². The van der Waals surface area contributed by atoms with Crippen LogP contribution < -0.4 is 14.8 Å². The van der Waals surface area contributed by atoms with Gasteiger partial charge in [-0.15, -0.1) is 0 Å². The number of nitrogens with zero attached hydrogens (tertiary/aromatic N) is 3. The van der Waals surface area contributed by atoms with E-state index < -0.39 is 11.9 Å². The van der Waals surface area contributed by atoms with Gasteiger partial charge in [0.05, 0.1) is 20.1 Å². The summed E-state index contributed by atoms with van der Waals surface area (Å²) in [6, 6.07) is 13.1. The Morgan fingerprint density at radius 2 is 1.69 bits per heavy atom. The molecule has 2 aromatic carbocycles. The first kappa shape index (κ1) is 26.2. The number of methoxy groups -OCH3 is 2. The molecule has 0 radical (unpaired) electrons. The average Bonchev–Trinajstić information content (AvgIpc) is 3.35. The molecule has 0 bridgehead atoms. The second-order valence-corrected chi connectivity index (χ2v) is 7.84. The van der Waals surface area contributed by atoms with Crippen LogP contribution in [-0.2, 0) is 16.1 Å². The van der Waals surface area contributed by atoms with Gasteiger partial charge in [-0.05, 0) is 29.8 Å². The van der Waals surface area contributed by atoms with Gasteiger partial charge in [-0.3, -0.25) is 9.69 Å². The molecule has 0 unspecified atom stereocenters. The van der Waals surface area contributed by atoms with E-state index >= 15 is 0 Å². The van der Waals surface area contributed by atoms with Gasteiger partial charge in [-0.2, -0.15) is 4.98 Å². The van der Waals surface area contributed by atoms with Crippen LogP contribution in [0, 0.1) is 0 Å². The molecule has 4 rings (SSSR count). The fraction of sp³-hybridized carbons (Fsp3) is 0.292. The van der Waals surface area contributed by atoms with Crippen LogP contribution in [0.1, 0.15) is 27.7 Å². The Morgan fingerprint density at radius 1 is 1.06 bits per heavy atom. The summed E-state index contributed by atoms with van der Waals surface area (Å²) in [4.78, 5) is 36.9. The number of nitrogens with one attached hydrogen (secondary N) is 1. The minimum Gasteiger partial charge on any atom is -0.497 e. The maximum absolute atomic E-state index is 11.8. The maximum atomic E-state index is 11.8. The zero-order chi connectivity index (χ0) is 26.2. The molecule has 12 nitrogen and oxygen atoms in total. The number of carbonyl (C=O) groups excluding carboxylic acids is 1. The van der Waals surface area contributed by atoms with Gasteiger partial charge in [-0.1, -0.05) is 17.3 Å². The first-order valence-electron chi connectivity index (χ1n) is 10.8. The molecule has 1 saturated heterocycles. The molecule has 0 saturated carbocycles. The van der Waals surface area contributed by atoms with Gasteiger partial charge in [0, 0.05) is 43.9 Å². The van der Waals surface area contributed by atoms with E-state index in [0.717, 1.165) is 42.3 Å². The number of amides is 1. The zero-order valence-electron chi connectivity index (χ0n) is 19.9. The highest BCUT2D eigenvalue weighted by molar-refractivity contribution is 6.27. The molecule has 2 heterocycles. The maximum Gasteiger partial charge on any atom is 0.414 e. The lowest BCUT2D eigenvalue weighted by molar-refractivity contribution is -0.159. The van der Waals surface area contributed by atoms with Gasteiger partial charge in [-0.25, -0.2) is 9.59 Å². The summed E-state index contributed by atoms with van der Waals surface area (Å²) in [5.41, 5.74) is 2.44. The molecule has 1 aliphatic rings. The number of hydrogen-bond donors (Lipinski definition) is 3. The molecule has 3 aromatic rings. The lowest BCUT2D eigenvalue weighted by Gasteiger charge is -2.37. The molecule has 36 heavy (non-hydrogen) atoms. The Kier molecular flexibility index (Phi) is 8.57. The number of rotatable bonds is 7. The summed E-state index contributed by atoms with van der Waals surface area (Å²) in [6.07, 6.45) is 0. The third-order valence-corrected chi connectivity index (χ3v) is 5.36. The number of benzene rings is 2. The van der Waals surface area contributed by atoms with E-state index in [-0.39, 0.29) is 11.8 Å². The first-order valence-corrected chi connectivity index (χ1v) is 10.8. The predicted octanol–water partition coefficient (Wildman–Crippen LogP) is 1.87. The summed E-state index contributed by atoms with van der Waals surface area (Å²) in [6.45, 7) is 2.46. The molecule has 1 aliphatic heterocycles. The van der Waals surface area contributed by atoms with E-state index in [1.807, 2.05) is 30.3 Å². The van der Waals surface area contributed by atoms with Crippen molar-refractivity contribution in [2.45, 2.75) is 12.5 Å². The molecule has 3 N–H and O–H groups in total. The molecule has 12 heteroatoms. The van der Waals surface area contributed by atoms with Crippen LogP contribution in [0.5, 0.6) is 11.5 Å². The summed E-state index contributed by atoms with van der Waals surface area (Å²) in [5.74, 6) is -0.930. The topological polar surface area (TPSA) is 164 Å². The molecule has 1 aromatic heterocycles. The van der Waals surface area contributed by atoms with Gasteiger partial charge >= 0.3 is 11.9 Å². The number of carbonyl (C=O) groups is 3. The van der Waals surface area contributed by atoms with Crippen LogP contribution in [0.15, 0.2) is 47.0 Å². The normalized spacial score (nSPS) is 13.1. The van der Waals surface area contributed by atoms with Crippen molar-refractivity contribution in [3.8, 4) is 22.9 Å². The average molecular weight is 498 g/mol. The number of hydrogen-bond acceptors (Lipinski definition) is 9. The Morgan fingerprint density at radius 3 is 2.25 bits per heavy atom. The van der Waals surface area contributed by atoms with E-state index in [1.54, 1.807) is 33.4 Å². The summed E-state index contributed by atoms with van der Waals surface area (Å²) >= 11 is 0. The largest absolute Gasteiger partial charge is 0.497 e. The molecule has 190 valence electrons. The number of aromatic nitrogens is 2. The molecule has 1 amide bonds. The van der Waals surface area contributed by atoms with Crippen LogP contribution in [0.3, 0.4) is 0 Å². The zero-order valence-corrected chi connectivity index (χ0v) is 19.9. The summed E-state index contributed by atoms with van der Waals surface area (Å²) < 4.78 is 16.2. The second-order valence-electron chi connectivity index (χ2n) is 7.84. The molecular formula is C24H26N4O8. The van der Waals surface area contributed by atoms with Crippen molar-refractivity contribution in [1.82, 2.24) is 20.4 Å². The Labute approximate surface area is 206 Å². The van der Waals surface area contributed by atoms with Gasteiger partial charge < -0.3 is 29.5 Å². The highest BCUT2D eigenvalue weighted by Gasteiger charge is 2.32. The van der Waals surface area contributed by atoms with Gasteiger partial charge in [0.25, 0.3) is 5.91 Å². The van der Waals surface area contributed by atoms with Crippen molar-refractivity contribution in [2.75, 3.05) is 34.4 Å². The lowest BCUT2D eigenvalue weighted by Crippen LogP contribution is -2.44. The third-order valence-electron chi connectivity index (χ3n) is 5.36. The smallest absolute Gasteiger partial charge is 0.414 e. The summed E-state index contributed by atoms with van der Waals surface area (Å²) in [5, 5.41) is 21.5. The Bertz CT molecular complexity index is 1200. The standard InChI is InChI=1S/C22H24N4O4.C2H2O4/c1-23-21(27)16-6-4-5-15(9-16)20-24-22(30-25-20)17-12-26(13-17)11-14-7-18(28-2)10-19(8-14)29-3;3-1(4)2(5)6/h4-10,17H,11-13H2,1-3H3,(H,23,27);(H,3,4)(H,5,6). The second kappa shape index (κ2) is 11.8. The number of likely N-dealkylation sites (tertiary alicyclic amines) is 1. The van der Waals surface area contributed by atoms with Gasteiger partial charge in [0.1, 0.15) is 11.5 Å². The number of ether oxygens (including phenoxy) is 2. The van der Waals surface area contributed by atoms with E-state index in [1.165, 1.54) is 0 Å². The third kappa shape index (κ3) is 6.57. The van der Waals surface area contributed by atoms with Crippen LogP contribution in [0.2, 0.25) is 0 Å². The van der Waals surface area contributed by atoms with Crippen molar-refractivity contribution >= 4 is 17.8 Å². The quantitative estimate of drug-likeness (QED) is 0.407. The SMILES string of the molecule is CNC(=O)c1cccc(-c2noc(C3CN(Cc4cc(OC)cc(OC)c4)C3)n2)c1.O=C(O)C(=O)O. The van der Waals surface area contributed by atoms with Crippen molar-refractivity contribution in [2.24, 2.45) is 0 Å². The van der Waals surface area contributed by atoms with Crippen LogP contribution >= 0.6 is 0 Å². The molecule has 0 atom stereocenters. The number of aliphatic carboxylic acids is 2. The molecule has 0 aliphatic carbocycles.